The zero-order chi connectivity index (χ0) is 15.4. The fourth-order valence-electron chi connectivity index (χ4n) is 2.81. The lowest BCUT2D eigenvalue weighted by molar-refractivity contribution is 0.102. The second-order valence-electron chi connectivity index (χ2n) is 5.65. The third-order valence-corrected chi connectivity index (χ3v) is 3.94. The van der Waals surface area contributed by atoms with Crippen LogP contribution in [0.25, 0.3) is 0 Å². The molecule has 2 N–H and O–H groups in total. The number of carbonyl (C=O) groups excluding carboxylic acids is 1. The van der Waals surface area contributed by atoms with Gasteiger partial charge >= 0.3 is 0 Å². The first kappa shape index (κ1) is 14.6. The Morgan fingerprint density at radius 1 is 1.09 bits per heavy atom. The zero-order valence-electron chi connectivity index (χ0n) is 12.5. The van der Waals surface area contributed by atoms with E-state index >= 15 is 0 Å². The van der Waals surface area contributed by atoms with E-state index in [0.717, 1.165) is 25.3 Å². The average Bonchev–Trinajstić information content (AvgIpc) is 3.01. The average molecular weight is 296 g/mol. The molecule has 0 unspecified atom stereocenters. The largest absolute Gasteiger partial charge is 0.507 e. The van der Waals surface area contributed by atoms with Gasteiger partial charge in [0, 0.05) is 12.2 Å². The minimum atomic E-state index is -0.295. The predicted octanol–water partition coefficient (Wildman–Crippen LogP) is 3.24. The fourth-order valence-corrected chi connectivity index (χ4v) is 2.81. The van der Waals surface area contributed by atoms with Gasteiger partial charge in [-0.1, -0.05) is 24.3 Å². The second kappa shape index (κ2) is 6.62. The highest BCUT2D eigenvalue weighted by Crippen LogP contribution is 2.19. The summed E-state index contributed by atoms with van der Waals surface area (Å²) in [6.07, 6.45) is 2.54. The first-order chi connectivity index (χ1) is 10.7. The summed E-state index contributed by atoms with van der Waals surface area (Å²) in [7, 11) is 0. The van der Waals surface area contributed by atoms with Gasteiger partial charge in [0.05, 0.1) is 5.56 Å². The number of rotatable bonds is 4. The van der Waals surface area contributed by atoms with E-state index in [-0.39, 0.29) is 17.2 Å². The van der Waals surface area contributed by atoms with Crippen molar-refractivity contribution >= 4 is 11.6 Å². The molecule has 2 aromatic carbocycles. The number of nitrogens with one attached hydrogen (secondary N) is 1. The number of anilines is 1. The third kappa shape index (κ3) is 3.46. The van der Waals surface area contributed by atoms with Crippen molar-refractivity contribution in [2.24, 2.45) is 0 Å². The van der Waals surface area contributed by atoms with E-state index in [9.17, 15) is 9.90 Å². The molecule has 1 amide bonds. The Balaban J connectivity index is 1.69. The number of hydrogen-bond donors (Lipinski definition) is 2. The van der Waals surface area contributed by atoms with Crippen molar-refractivity contribution in [3.63, 3.8) is 0 Å². The molecular weight excluding hydrogens is 276 g/mol. The van der Waals surface area contributed by atoms with E-state index in [1.807, 2.05) is 18.2 Å². The van der Waals surface area contributed by atoms with Crippen molar-refractivity contribution in [1.82, 2.24) is 4.90 Å². The van der Waals surface area contributed by atoms with Gasteiger partial charge in [-0.15, -0.1) is 0 Å². The number of phenols is 1. The molecule has 1 heterocycles. The molecule has 1 aliphatic rings. The minimum Gasteiger partial charge on any atom is -0.507 e. The van der Waals surface area contributed by atoms with Gasteiger partial charge in [-0.3, -0.25) is 9.69 Å². The summed E-state index contributed by atoms with van der Waals surface area (Å²) in [6, 6.07) is 14.4. The van der Waals surface area contributed by atoms with Crippen LogP contribution in [0.5, 0.6) is 5.75 Å². The van der Waals surface area contributed by atoms with Crippen molar-refractivity contribution in [2.45, 2.75) is 19.4 Å². The topological polar surface area (TPSA) is 52.6 Å². The number of phenolic OH excluding ortho intramolecular Hbond substituents is 1. The smallest absolute Gasteiger partial charge is 0.259 e. The van der Waals surface area contributed by atoms with E-state index in [4.69, 9.17) is 0 Å². The Morgan fingerprint density at radius 3 is 2.64 bits per heavy atom. The van der Waals surface area contributed by atoms with Crippen LogP contribution in [0.4, 0.5) is 5.69 Å². The second-order valence-corrected chi connectivity index (χ2v) is 5.65. The van der Waals surface area contributed by atoms with Gasteiger partial charge in [-0.25, -0.2) is 0 Å². The Kier molecular flexibility index (Phi) is 4.39. The molecule has 0 saturated carbocycles. The quantitative estimate of drug-likeness (QED) is 0.910. The number of likely N-dealkylation sites (tertiary alicyclic amines) is 1. The highest BCUT2D eigenvalue weighted by molar-refractivity contribution is 6.06. The third-order valence-electron chi connectivity index (χ3n) is 3.94. The van der Waals surface area contributed by atoms with Gasteiger partial charge < -0.3 is 10.4 Å². The Bertz CT molecular complexity index is 664. The van der Waals surface area contributed by atoms with Crippen LogP contribution < -0.4 is 5.32 Å². The highest BCUT2D eigenvalue weighted by atomic mass is 16.3. The molecule has 1 fully saturated rings. The maximum atomic E-state index is 12.2. The number of para-hydroxylation sites is 1. The Hall–Kier alpha value is -2.33. The van der Waals surface area contributed by atoms with Crippen LogP contribution in [-0.4, -0.2) is 29.0 Å². The normalized spacial score (nSPS) is 14.9. The standard InChI is InChI=1S/C18H20N2O2/c21-17-9-2-1-8-16(17)18(22)19-15-7-5-6-14(12-15)13-20-10-3-4-11-20/h1-2,5-9,12,21H,3-4,10-11,13H2,(H,19,22). The summed E-state index contributed by atoms with van der Waals surface area (Å²) in [6.45, 7) is 3.21. The lowest BCUT2D eigenvalue weighted by atomic mass is 10.1. The molecule has 0 radical (unpaired) electrons. The fraction of sp³-hybridized carbons (Fsp3) is 0.278. The first-order valence-corrected chi connectivity index (χ1v) is 7.63. The van der Waals surface area contributed by atoms with E-state index in [1.54, 1.807) is 18.2 Å². The SMILES string of the molecule is O=C(Nc1cccc(CN2CCCC2)c1)c1ccccc1O. The van der Waals surface area contributed by atoms with Crippen LogP contribution in [-0.2, 0) is 6.54 Å². The van der Waals surface area contributed by atoms with Crippen LogP contribution in [0.1, 0.15) is 28.8 Å². The van der Waals surface area contributed by atoms with Gasteiger partial charge in [-0.2, -0.15) is 0 Å². The maximum Gasteiger partial charge on any atom is 0.259 e. The summed E-state index contributed by atoms with van der Waals surface area (Å²) >= 11 is 0. The van der Waals surface area contributed by atoms with Crippen molar-refractivity contribution in [1.29, 1.82) is 0 Å². The van der Waals surface area contributed by atoms with Gasteiger partial charge in [0.15, 0.2) is 0 Å². The van der Waals surface area contributed by atoms with Crippen LogP contribution in [0.15, 0.2) is 48.5 Å². The monoisotopic (exact) mass is 296 g/mol. The molecule has 0 bridgehead atoms. The number of aromatic hydroxyl groups is 1. The van der Waals surface area contributed by atoms with Crippen LogP contribution in [0, 0.1) is 0 Å². The summed E-state index contributed by atoms with van der Waals surface area (Å²) in [4.78, 5) is 14.6. The van der Waals surface area contributed by atoms with E-state index < -0.39 is 0 Å². The molecule has 0 spiro atoms. The van der Waals surface area contributed by atoms with Crippen LogP contribution in [0.3, 0.4) is 0 Å². The maximum absolute atomic E-state index is 12.2. The van der Waals surface area contributed by atoms with Gasteiger partial charge in [0.2, 0.25) is 0 Å². The molecule has 2 aromatic rings. The summed E-state index contributed by atoms with van der Waals surface area (Å²) in [5.41, 5.74) is 2.23. The number of amides is 1. The molecular formula is C18H20N2O2. The molecule has 0 atom stereocenters. The molecule has 1 aliphatic heterocycles. The number of benzene rings is 2. The van der Waals surface area contributed by atoms with Gasteiger partial charge in [0.25, 0.3) is 5.91 Å². The molecule has 1 saturated heterocycles. The van der Waals surface area contributed by atoms with Gasteiger partial charge in [-0.05, 0) is 55.8 Å². The van der Waals surface area contributed by atoms with Crippen molar-refractivity contribution < 1.29 is 9.90 Å². The van der Waals surface area contributed by atoms with Crippen molar-refractivity contribution in [2.75, 3.05) is 18.4 Å². The zero-order valence-corrected chi connectivity index (χ0v) is 12.5. The molecule has 0 aromatic heterocycles. The van der Waals surface area contributed by atoms with Crippen molar-refractivity contribution in [3.05, 3.63) is 59.7 Å². The number of carbonyl (C=O) groups is 1. The summed E-state index contributed by atoms with van der Waals surface area (Å²) in [5.74, 6) is -0.301. The van der Waals surface area contributed by atoms with Crippen LogP contribution >= 0.6 is 0 Å². The minimum absolute atomic E-state index is 0.00628. The molecule has 22 heavy (non-hydrogen) atoms. The Labute approximate surface area is 130 Å². The van der Waals surface area contributed by atoms with E-state index in [0.29, 0.717) is 0 Å². The van der Waals surface area contributed by atoms with Gasteiger partial charge in [0.1, 0.15) is 5.75 Å². The number of hydrogen-bond acceptors (Lipinski definition) is 3. The number of nitrogens with zero attached hydrogens (tertiary/aromatic N) is 1. The molecule has 114 valence electrons. The lowest BCUT2D eigenvalue weighted by Gasteiger charge is -2.15. The summed E-state index contributed by atoms with van der Waals surface area (Å²) < 4.78 is 0. The molecule has 4 heteroatoms. The molecule has 0 aliphatic carbocycles. The molecule has 4 nitrogen and oxygen atoms in total. The first-order valence-electron chi connectivity index (χ1n) is 7.63. The Morgan fingerprint density at radius 2 is 1.86 bits per heavy atom. The van der Waals surface area contributed by atoms with E-state index in [1.165, 1.54) is 24.5 Å². The molecule has 3 rings (SSSR count). The van der Waals surface area contributed by atoms with E-state index in [2.05, 4.69) is 16.3 Å². The van der Waals surface area contributed by atoms with Crippen molar-refractivity contribution in [3.8, 4) is 5.75 Å². The summed E-state index contributed by atoms with van der Waals surface area (Å²) in [5, 5.41) is 12.6. The highest BCUT2D eigenvalue weighted by Gasteiger charge is 2.13. The van der Waals surface area contributed by atoms with Crippen LogP contribution in [0.2, 0.25) is 0 Å². The predicted molar refractivity (Wildman–Crippen MR) is 87.0 cm³/mol. The lowest BCUT2D eigenvalue weighted by Crippen LogP contribution is -2.18.